The van der Waals surface area contributed by atoms with Gasteiger partial charge in [-0.25, -0.2) is 9.37 Å². The number of halogens is 1. The van der Waals surface area contributed by atoms with Crippen LogP contribution >= 0.6 is 0 Å². The number of anilines is 2. The number of nitrogen functional groups attached to an aromatic ring is 1. The number of rotatable bonds is 5. The number of carbonyl (C=O) groups is 1. The van der Waals surface area contributed by atoms with Crippen LogP contribution in [0.4, 0.5) is 16.0 Å². The van der Waals surface area contributed by atoms with Gasteiger partial charge in [-0.05, 0) is 51.1 Å². The Hall–Kier alpha value is -3.42. The number of pyridine rings is 1. The molecule has 1 amide bonds. The van der Waals surface area contributed by atoms with Crippen molar-refractivity contribution in [2.24, 2.45) is 0 Å². The number of aryl methyl sites for hydroxylation is 1. The average molecular weight is 370 g/mol. The van der Waals surface area contributed by atoms with Crippen molar-refractivity contribution in [1.29, 1.82) is 0 Å². The molecule has 0 saturated carbocycles. The maximum Gasteiger partial charge on any atom is 0.262 e. The first-order chi connectivity index (χ1) is 12.8. The largest absolute Gasteiger partial charge is 0.490 e. The molecule has 2 aromatic heterocycles. The molecular weight excluding hydrogens is 351 g/mol. The number of nitrogens with one attached hydrogen (secondary N) is 1. The molecular formula is C19H19FN4O3. The van der Waals surface area contributed by atoms with Crippen LogP contribution in [0.15, 0.2) is 41.1 Å². The van der Waals surface area contributed by atoms with Crippen LogP contribution in [-0.4, -0.2) is 22.2 Å². The minimum absolute atomic E-state index is 0.0891. The summed E-state index contributed by atoms with van der Waals surface area (Å²) in [6.07, 6.45) is 1.17. The number of nitrogens with two attached hydrogens (primary N) is 1. The van der Waals surface area contributed by atoms with Crippen LogP contribution < -0.4 is 15.8 Å². The first-order valence-corrected chi connectivity index (χ1v) is 8.30. The van der Waals surface area contributed by atoms with Crippen molar-refractivity contribution in [3.63, 3.8) is 0 Å². The highest BCUT2D eigenvalue weighted by Gasteiger charge is 2.16. The predicted octanol–water partition coefficient (Wildman–Crippen LogP) is 3.81. The van der Waals surface area contributed by atoms with E-state index in [9.17, 15) is 9.18 Å². The minimum Gasteiger partial charge on any atom is -0.490 e. The highest BCUT2D eigenvalue weighted by Crippen LogP contribution is 2.35. The number of hydrogen-bond acceptors (Lipinski definition) is 6. The van der Waals surface area contributed by atoms with Gasteiger partial charge in [0.2, 0.25) is 0 Å². The smallest absolute Gasteiger partial charge is 0.262 e. The highest BCUT2D eigenvalue weighted by atomic mass is 19.1. The summed E-state index contributed by atoms with van der Waals surface area (Å²) < 4.78 is 24.2. The second-order valence-corrected chi connectivity index (χ2v) is 6.20. The van der Waals surface area contributed by atoms with E-state index >= 15 is 0 Å². The van der Waals surface area contributed by atoms with Gasteiger partial charge in [-0.15, -0.1) is 0 Å². The molecule has 1 aromatic carbocycles. The zero-order chi connectivity index (χ0) is 19.6. The van der Waals surface area contributed by atoms with Gasteiger partial charge in [0.15, 0.2) is 0 Å². The lowest BCUT2D eigenvalue weighted by atomic mass is 10.0. The molecule has 3 aromatic rings. The van der Waals surface area contributed by atoms with Gasteiger partial charge in [0, 0.05) is 11.1 Å². The number of amides is 1. The molecule has 3 N–H and O–H groups in total. The Morgan fingerprint density at radius 2 is 2.04 bits per heavy atom. The Morgan fingerprint density at radius 1 is 1.26 bits per heavy atom. The molecule has 27 heavy (non-hydrogen) atoms. The Balaban J connectivity index is 1.91. The molecule has 0 fully saturated rings. The Kier molecular flexibility index (Phi) is 5.07. The standard InChI is InChI=1S/C19H19FN4O3/c1-10(2)27-16-6-4-12(20)8-14(16)13-5-7-17(22-18(13)21)23-19(25)15-9-26-24-11(15)3/h4-10H,1-3H3,(H3,21,22,23,25). The molecule has 2 heterocycles. The van der Waals surface area contributed by atoms with E-state index in [1.165, 1.54) is 18.4 Å². The third-order valence-corrected chi connectivity index (χ3v) is 3.76. The van der Waals surface area contributed by atoms with Crippen molar-refractivity contribution < 1.29 is 18.4 Å². The fourth-order valence-electron chi connectivity index (χ4n) is 2.54. The van der Waals surface area contributed by atoms with Gasteiger partial charge < -0.3 is 20.3 Å². The minimum atomic E-state index is -0.416. The highest BCUT2D eigenvalue weighted by molar-refractivity contribution is 6.04. The molecule has 140 valence electrons. The number of hydrogen-bond donors (Lipinski definition) is 2. The van der Waals surface area contributed by atoms with Crippen molar-refractivity contribution in [3.05, 3.63) is 53.7 Å². The number of ether oxygens (including phenoxy) is 1. The van der Waals surface area contributed by atoms with E-state index in [0.29, 0.717) is 28.1 Å². The van der Waals surface area contributed by atoms with Crippen LogP contribution in [-0.2, 0) is 0 Å². The molecule has 0 aliphatic carbocycles. The number of benzene rings is 1. The summed E-state index contributed by atoms with van der Waals surface area (Å²) in [7, 11) is 0. The number of nitrogens with zero attached hydrogens (tertiary/aromatic N) is 2. The second-order valence-electron chi connectivity index (χ2n) is 6.20. The van der Waals surface area contributed by atoms with Gasteiger partial charge in [0.05, 0.1) is 11.8 Å². The molecule has 0 aliphatic heterocycles. The first-order valence-electron chi connectivity index (χ1n) is 8.30. The monoisotopic (exact) mass is 370 g/mol. The van der Waals surface area contributed by atoms with Gasteiger partial charge in [0.1, 0.15) is 35.0 Å². The lowest BCUT2D eigenvalue weighted by Crippen LogP contribution is -2.14. The zero-order valence-corrected chi connectivity index (χ0v) is 15.1. The second kappa shape index (κ2) is 7.45. The quantitative estimate of drug-likeness (QED) is 0.708. The average Bonchev–Trinajstić information content (AvgIpc) is 3.02. The lowest BCUT2D eigenvalue weighted by molar-refractivity contribution is 0.102. The number of carbonyl (C=O) groups excluding carboxylic acids is 1. The van der Waals surface area contributed by atoms with Crippen molar-refractivity contribution in [1.82, 2.24) is 10.1 Å². The van der Waals surface area contributed by atoms with E-state index in [-0.39, 0.29) is 17.7 Å². The van der Waals surface area contributed by atoms with Crippen LogP contribution in [0.1, 0.15) is 29.9 Å². The molecule has 3 rings (SSSR count). The van der Waals surface area contributed by atoms with E-state index in [0.717, 1.165) is 0 Å². The topological polar surface area (TPSA) is 103 Å². The fraction of sp³-hybridized carbons (Fsp3) is 0.211. The van der Waals surface area contributed by atoms with E-state index in [1.807, 2.05) is 13.8 Å². The summed E-state index contributed by atoms with van der Waals surface area (Å²) in [5.74, 6) is 0.0548. The van der Waals surface area contributed by atoms with Crippen molar-refractivity contribution in [3.8, 4) is 16.9 Å². The zero-order valence-electron chi connectivity index (χ0n) is 15.1. The summed E-state index contributed by atoms with van der Waals surface area (Å²) in [4.78, 5) is 16.4. The van der Waals surface area contributed by atoms with E-state index in [2.05, 4.69) is 15.5 Å². The molecule has 0 radical (unpaired) electrons. The van der Waals surface area contributed by atoms with Crippen LogP contribution in [0.2, 0.25) is 0 Å². The van der Waals surface area contributed by atoms with Crippen LogP contribution in [0.5, 0.6) is 5.75 Å². The summed E-state index contributed by atoms with van der Waals surface area (Å²) in [6.45, 7) is 5.41. The van der Waals surface area contributed by atoms with Crippen molar-refractivity contribution in [2.75, 3.05) is 11.1 Å². The molecule has 0 unspecified atom stereocenters. The molecule has 8 heteroatoms. The lowest BCUT2D eigenvalue weighted by Gasteiger charge is -2.16. The number of aromatic nitrogens is 2. The molecule has 0 bridgehead atoms. The molecule has 0 spiro atoms. The Bertz CT molecular complexity index is 985. The van der Waals surface area contributed by atoms with Crippen LogP contribution in [0, 0.1) is 12.7 Å². The van der Waals surface area contributed by atoms with Crippen LogP contribution in [0.25, 0.3) is 11.1 Å². The SMILES string of the molecule is Cc1nocc1C(=O)Nc1ccc(-c2cc(F)ccc2OC(C)C)c(N)n1. The molecule has 0 saturated heterocycles. The summed E-state index contributed by atoms with van der Waals surface area (Å²) in [6, 6.07) is 7.44. The van der Waals surface area contributed by atoms with E-state index < -0.39 is 11.7 Å². The van der Waals surface area contributed by atoms with Gasteiger partial charge in [-0.3, -0.25) is 4.79 Å². The Morgan fingerprint density at radius 3 is 2.67 bits per heavy atom. The van der Waals surface area contributed by atoms with Crippen molar-refractivity contribution in [2.45, 2.75) is 26.9 Å². The van der Waals surface area contributed by atoms with E-state index in [1.54, 1.807) is 25.1 Å². The van der Waals surface area contributed by atoms with Gasteiger partial charge in [-0.1, -0.05) is 5.16 Å². The third-order valence-electron chi connectivity index (χ3n) is 3.76. The normalized spacial score (nSPS) is 10.9. The Labute approximate surface area is 155 Å². The first kappa shape index (κ1) is 18.4. The van der Waals surface area contributed by atoms with Gasteiger partial charge in [0.25, 0.3) is 5.91 Å². The maximum absolute atomic E-state index is 13.8. The van der Waals surface area contributed by atoms with Gasteiger partial charge in [-0.2, -0.15) is 0 Å². The third kappa shape index (κ3) is 4.05. The molecule has 0 aliphatic rings. The molecule has 7 nitrogen and oxygen atoms in total. The van der Waals surface area contributed by atoms with Crippen LogP contribution in [0.3, 0.4) is 0 Å². The summed E-state index contributed by atoms with van der Waals surface area (Å²) in [5, 5.41) is 6.29. The fourth-order valence-corrected chi connectivity index (χ4v) is 2.54. The molecule has 0 atom stereocenters. The summed E-state index contributed by atoms with van der Waals surface area (Å²) >= 11 is 0. The van der Waals surface area contributed by atoms with Crippen molar-refractivity contribution >= 4 is 17.5 Å². The van der Waals surface area contributed by atoms with Gasteiger partial charge >= 0.3 is 0 Å². The predicted molar refractivity (Wildman–Crippen MR) is 99.0 cm³/mol. The maximum atomic E-state index is 13.8. The summed E-state index contributed by atoms with van der Waals surface area (Å²) in [5.41, 5.74) is 7.82. The van der Waals surface area contributed by atoms with E-state index in [4.69, 9.17) is 15.0 Å².